The lowest BCUT2D eigenvalue weighted by molar-refractivity contribution is -0.142. The number of halogens is 6. The number of rotatable bonds is 5. The lowest BCUT2D eigenvalue weighted by atomic mass is 9.97. The predicted molar refractivity (Wildman–Crippen MR) is 122 cm³/mol. The first kappa shape index (κ1) is 25.8. The maximum Gasteiger partial charge on any atom is 0.419 e. The van der Waals surface area contributed by atoms with E-state index in [4.69, 9.17) is 16.7 Å². The molecule has 0 bridgehead atoms. The first-order valence-corrected chi connectivity index (χ1v) is 11.6. The Morgan fingerprint density at radius 3 is 2.50 bits per heavy atom. The second-order valence-corrected chi connectivity index (χ2v) is 9.25. The third-order valence-corrected chi connectivity index (χ3v) is 6.63. The molecule has 0 saturated carbocycles. The number of anilines is 2. The van der Waals surface area contributed by atoms with Crippen molar-refractivity contribution in [1.29, 1.82) is 0 Å². The number of thiazole rings is 1. The minimum Gasteiger partial charge on any atom is -0.481 e. The molecule has 1 saturated heterocycles. The second-order valence-electron chi connectivity index (χ2n) is 7.89. The van der Waals surface area contributed by atoms with E-state index in [0.29, 0.717) is 49.2 Å². The fourth-order valence-corrected chi connectivity index (χ4v) is 4.74. The number of hydrogen-bond donors (Lipinski definition) is 2. The van der Waals surface area contributed by atoms with Crippen molar-refractivity contribution in [3.05, 3.63) is 57.6 Å². The molecule has 0 atom stereocenters. The molecule has 1 amide bonds. The average Bonchev–Trinajstić information content (AvgIpc) is 3.18. The molecule has 1 fully saturated rings. The fourth-order valence-electron chi connectivity index (χ4n) is 3.75. The lowest BCUT2D eigenvalue weighted by Crippen LogP contribution is -2.37. The summed E-state index contributed by atoms with van der Waals surface area (Å²) in [4.78, 5) is 33.5. The second kappa shape index (κ2) is 9.97. The quantitative estimate of drug-likeness (QED) is 0.398. The van der Waals surface area contributed by atoms with E-state index in [1.165, 1.54) is 12.3 Å². The zero-order valence-electron chi connectivity index (χ0n) is 18.1. The first-order valence-electron chi connectivity index (χ1n) is 10.4. The van der Waals surface area contributed by atoms with E-state index in [-0.39, 0.29) is 15.7 Å². The Balaban J connectivity index is 1.50. The van der Waals surface area contributed by atoms with E-state index in [1.807, 2.05) is 0 Å². The van der Waals surface area contributed by atoms with Crippen LogP contribution in [0.3, 0.4) is 0 Å². The molecule has 3 heterocycles. The van der Waals surface area contributed by atoms with Gasteiger partial charge in [-0.25, -0.2) is 14.4 Å². The van der Waals surface area contributed by atoms with Gasteiger partial charge in [0.25, 0.3) is 5.91 Å². The highest BCUT2D eigenvalue weighted by Gasteiger charge is 2.36. The minimum absolute atomic E-state index is 0.00780. The molecule has 3 aromatic rings. The van der Waals surface area contributed by atoms with Crippen LogP contribution >= 0.6 is 22.9 Å². The van der Waals surface area contributed by atoms with Crippen molar-refractivity contribution in [2.24, 2.45) is 5.92 Å². The lowest BCUT2D eigenvalue weighted by Gasteiger charge is -2.31. The topological polar surface area (TPSA) is 95.4 Å². The highest BCUT2D eigenvalue weighted by Crippen LogP contribution is 2.38. The summed E-state index contributed by atoms with van der Waals surface area (Å²) in [6.07, 6.45) is -2.93. The number of nitrogens with one attached hydrogen (secondary N) is 1. The van der Waals surface area contributed by atoms with Crippen LogP contribution in [0.15, 0.2) is 30.5 Å². The van der Waals surface area contributed by atoms with Crippen molar-refractivity contribution in [3.8, 4) is 11.3 Å². The number of pyridine rings is 1. The van der Waals surface area contributed by atoms with Crippen LogP contribution in [0.2, 0.25) is 5.02 Å². The smallest absolute Gasteiger partial charge is 0.419 e. The van der Waals surface area contributed by atoms with Crippen LogP contribution in [-0.4, -0.2) is 40.0 Å². The van der Waals surface area contributed by atoms with Crippen LogP contribution in [-0.2, 0) is 11.0 Å². The summed E-state index contributed by atoms with van der Waals surface area (Å²) in [5.74, 6) is -3.38. The zero-order chi connectivity index (χ0) is 26.2. The number of piperidine rings is 1. The van der Waals surface area contributed by atoms with Crippen LogP contribution in [0, 0.1) is 16.9 Å². The Morgan fingerprint density at radius 1 is 1.19 bits per heavy atom. The number of hydrogen-bond acceptors (Lipinski definition) is 6. The number of carboxylic acid groups (broad SMARTS) is 1. The number of benzene rings is 1. The molecule has 0 radical (unpaired) electrons. The van der Waals surface area contributed by atoms with Crippen LogP contribution in [0.5, 0.6) is 0 Å². The molecule has 1 aliphatic heterocycles. The standard InChI is InChI=1S/C22H16ClF5N4O3S/c23-14-8-11(9-29-18(14)32-6-4-10(5-7-32)20(34)35)19(33)31-21-30-16(17(25)36-21)12-2-1-3-13(15(12)24)22(26,27)28/h1-3,8-10H,4-7H2,(H,34,35)(H,30,31,33). The van der Waals surface area contributed by atoms with Gasteiger partial charge in [0.2, 0.25) is 5.13 Å². The van der Waals surface area contributed by atoms with Gasteiger partial charge in [0.15, 0.2) is 5.13 Å². The largest absolute Gasteiger partial charge is 0.481 e. The van der Waals surface area contributed by atoms with Gasteiger partial charge >= 0.3 is 12.1 Å². The van der Waals surface area contributed by atoms with E-state index in [0.717, 1.165) is 12.1 Å². The molecule has 36 heavy (non-hydrogen) atoms. The molecular weight excluding hydrogens is 531 g/mol. The van der Waals surface area contributed by atoms with Gasteiger partial charge in [0, 0.05) is 24.8 Å². The molecule has 0 unspecified atom stereocenters. The minimum atomic E-state index is -4.98. The SMILES string of the molecule is O=C(Nc1nc(-c2cccc(C(F)(F)F)c2F)c(F)s1)c1cnc(N2CCC(C(=O)O)CC2)c(Cl)c1. The molecule has 7 nitrogen and oxygen atoms in total. The van der Waals surface area contributed by atoms with Crippen molar-refractivity contribution in [2.45, 2.75) is 19.0 Å². The Hall–Kier alpha value is -3.32. The molecular formula is C22H16ClF5N4O3S. The van der Waals surface area contributed by atoms with Gasteiger partial charge in [-0.05, 0) is 31.0 Å². The Morgan fingerprint density at radius 2 is 1.89 bits per heavy atom. The molecule has 1 aromatic carbocycles. The van der Waals surface area contributed by atoms with Crippen molar-refractivity contribution < 1.29 is 36.6 Å². The van der Waals surface area contributed by atoms with E-state index in [9.17, 15) is 31.5 Å². The molecule has 2 aromatic heterocycles. The third-order valence-electron chi connectivity index (χ3n) is 5.59. The molecule has 0 aliphatic carbocycles. The number of carbonyl (C=O) groups is 2. The summed E-state index contributed by atoms with van der Waals surface area (Å²) >= 11 is 6.60. The number of aromatic nitrogens is 2. The van der Waals surface area contributed by atoms with E-state index < -0.39 is 51.7 Å². The van der Waals surface area contributed by atoms with Gasteiger partial charge in [-0.1, -0.05) is 29.0 Å². The maximum atomic E-state index is 14.4. The third kappa shape index (κ3) is 5.26. The van der Waals surface area contributed by atoms with Crippen molar-refractivity contribution in [1.82, 2.24) is 9.97 Å². The Labute approximate surface area is 209 Å². The van der Waals surface area contributed by atoms with E-state index in [2.05, 4.69) is 15.3 Å². The first-order chi connectivity index (χ1) is 17.0. The van der Waals surface area contributed by atoms with Crippen molar-refractivity contribution >= 4 is 45.8 Å². The normalized spacial score (nSPS) is 14.7. The van der Waals surface area contributed by atoms with Gasteiger partial charge in [-0.2, -0.15) is 17.6 Å². The molecule has 2 N–H and O–H groups in total. The van der Waals surface area contributed by atoms with Crippen LogP contribution < -0.4 is 10.2 Å². The summed E-state index contributed by atoms with van der Waals surface area (Å²) in [7, 11) is 0. The number of aliphatic carboxylic acids is 1. The predicted octanol–water partition coefficient (Wildman–Crippen LogP) is 5.71. The van der Waals surface area contributed by atoms with Gasteiger partial charge in [0.05, 0.1) is 22.1 Å². The molecule has 190 valence electrons. The number of amides is 1. The van der Waals surface area contributed by atoms with Crippen molar-refractivity contribution in [3.63, 3.8) is 0 Å². The number of carbonyl (C=O) groups excluding carboxylic acids is 1. The highest BCUT2D eigenvalue weighted by molar-refractivity contribution is 7.14. The van der Waals surface area contributed by atoms with Crippen LogP contribution in [0.1, 0.15) is 28.8 Å². The van der Waals surface area contributed by atoms with Gasteiger partial charge in [-0.15, -0.1) is 0 Å². The van der Waals surface area contributed by atoms with Gasteiger partial charge in [-0.3, -0.25) is 14.9 Å². The average molecular weight is 547 g/mol. The summed E-state index contributed by atoms with van der Waals surface area (Å²) in [6, 6.07) is 3.73. The Bertz CT molecular complexity index is 1330. The van der Waals surface area contributed by atoms with E-state index in [1.54, 1.807) is 4.90 Å². The monoisotopic (exact) mass is 546 g/mol. The zero-order valence-corrected chi connectivity index (χ0v) is 19.6. The summed E-state index contributed by atoms with van der Waals surface area (Å²) < 4.78 is 67.8. The summed E-state index contributed by atoms with van der Waals surface area (Å²) in [6.45, 7) is 0.838. The van der Waals surface area contributed by atoms with E-state index >= 15 is 0 Å². The van der Waals surface area contributed by atoms with Crippen LogP contribution in [0.4, 0.5) is 32.9 Å². The maximum absolute atomic E-state index is 14.4. The highest BCUT2D eigenvalue weighted by atomic mass is 35.5. The molecule has 4 rings (SSSR count). The number of carboxylic acids is 1. The van der Waals surface area contributed by atoms with Gasteiger partial charge < -0.3 is 10.0 Å². The van der Waals surface area contributed by atoms with Crippen LogP contribution in [0.25, 0.3) is 11.3 Å². The summed E-state index contributed by atoms with van der Waals surface area (Å²) in [5, 5.41) is 10.2. The van der Waals surface area contributed by atoms with Gasteiger partial charge in [0.1, 0.15) is 17.3 Å². The fraction of sp³-hybridized carbons (Fsp3) is 0.273. The van der Waals surface area contributed by atoms with Crippen molar-refractivity contribution in [2.75, 3.05) is 23.3 Å². The Kier molecular flexibility index (Phi) is 7.14. The molecule has 1 aliphatic rings. The number of nitrogens with zero attached hydrogens (tertiary/aromatic N) is 3. The summed E-state index contributed by atoms with van der Waals surface area (Å²) in [5.41, 5.74) is -2.94. The molecule has 0 spiro atoms. The number of alkyl halides is 3. The molecule has 14 heteroatoms.